The van der Waals surface area contributed by atoms with Crippen LogP contribution in [-0.2, 0) is 4.74 Å². The van der Waals surface area contributed by atoms with E-state index in [0.717, 1.165) is 0 Å². The van der Waals surface area contributed by atoms with E-state index >= 15 is 0 Å². The zero-order valence-corrected chi connectivity index (χ0v) is 11.3. The first kappa shape index (κ1) is 14.5. The summed E-state index contributed by atoms with van der Waals surface area (Å²) < 4.78 is 5.04. The number of esters is 1. The summed E-state index contributed by atoms with van der Waals surface area (Å²) in [5.41, 5.74) is 1.48. The molecule has 4 nitrogen and oxygen atoms in total. The maximum absolute atomic E-state index is 12.1. The number of aromatic carboxylic acids is 1. The molecule has 0 spiro atoms. The second-order valence-electron chi connectivity index (χ2n) is 4.28. The van der Waals surface area contributed by atoms with E-state index in [0.29, 0.717) is 16.7 Å². The first-order chi connectivity index (χ1) is 10.1. The van der Waals surface area contributed by atoms with Gasteiger partial charge in [-0.3, -0.25) is 0 Å². The second-order valence-corrected chi connectivity index (χ2v) is 4.28. The van der Waals surface area contributed by atoms with Crippen molar-refractivity contribution in [3.8, 4) is 11.1 Å². The Labute approximate surface area is 122 Å². The summed E-state index contributed by atoms with van der Waals surface area (Å²) in [5.74, 6) is -1.55. The summed E-state index contributed by atoms with van der Waals surface area (Å²) in [7, 11) is 0. The molecule has 4 heteroatoms. The molecular weight excluding hydrogens is 268 g/mol. The van der Waals surface area contributed by atoms with Crippen molar-refractivity contribution < 1.29 is 19.4 Å². The minimum absolute atomic E-state index is 0.105. The lowest BCUT2D eigenvalue weighted by molar-refractivity contribution is 0.0549. The van der Waals surface area contributed by atoms with E-state index in [1.807, 2.05) is 0 Å². The molecule has 0 saturated heterocycles. The molecule has 0 aliphatic heterocycles. The highest BCUT2D eigenvalue weighted by Gasteiger charge is 2.17. The second kappa shape index (κ2) is 6.52. The van der Waals surface area contributed by atoms with Crippen molar-refractivity contribution in [2.75, 3.05) is 6.61 Å². The van der Waals surface area contributed by atoms with Gasteiger partial charge in [-0.05, 0) is 23.3 Å². The van der Waals surface area contributed by atoms with E-state index in [1.54, 1.807) is 42.5 Å². The van der Waals surface area contributed by atoms with Crippen LogP contribution in [-0.4, -0.2) is 23.7 Å². The van der Waals surface area contributed by atoms with Crippen LogP contribution in [0, 0.1) is 0 Å². The quantitative estimate of drug-likeness (QED) is 0.674. The highest BCUT2D eigenvalue weighted by Crippen LogP contribution is 2.27. The molecule has 0 fully saturated rings. The number of rotatable bonds is 5. The summed E-state index contributed by atoms with van der Waals surface area (Å²) in [6.07, 6.45) is 1.48. The zero-order valence-electron chi connectivity index (χ0n) is 11.3. The average Bonchev–Trinajstić information content (AvgIpc) is 2.52. The van der Waals surface area contributed by atoms with E-state index in [9.17, 15) is 14.7 Å². The van der Waals surface area contributed by atoms with Gasteiger partial charge in [0.25, 0.3) is 0 Å². The number of carbonyl (C=O) groups excluding carboxylic acids is 1. The third-order valence-electron chi connectivity index (χ3n) is 2.93. The number of carboxylic acids is 1. The fourth-order valence-electron chi connectivity index (χ4n) is 2.01. The maximum Gasteiger partial charge on any atom is 0.339 e. The highest BCUT2D eigenvalue weighted by atomic mass is 16.5. The van der Waals surface area contributed by atoms with E-state index < -0.39 is 11.9 Å². The topological polar surface area (TPSA) is 63.6 Å². The Balaban J connectivity index is 2.53. The molecule has 0 atom stereocenters. The molecule has 0 aromatic heterocycles. The smallest absolute Gasteiger partial charge is 0.339 e. The first-order valence-electron chi connectivity index (χ1n) is 6.35. The predicted octanol–water partition coefficient (Wildman–Crippen LogP) is 3.39. The van der Waals surface area contributed by atoms with Crippen LogP contribution in [0.15, 0.2) is 61.2 Å². The Morgan fingerprint density at radius 3 is 2.10 bits per heavy atom. The van der Waals surface area contributed by atoms with E-state index in [2.05, 4.69) is 6.58 Å². The highest BCUT2D eigenvalue weighted by molar-refractivity contribution is 6.02. The SMILES string of the molecule is C=CCOC(=O)c1ccccc1-c1ccccc1C(=O)O. The lowest BCUT2D eigenvalue weighted by atomic mass is 9.95. The van der Waals surface area contributed by atoms with Crippen LogP contribution in [0.25, 0.3) is 11.1 Å². The maximum atomic E-state index is 12.1. The van der Waals surface area contributed by atoms with E-state index in [1.165, 1.54) is 12.1 Å². The molecule has 0 unspecified atom stereocenters. The summed E-state index contributed by atoms with van der Waals surface area (Å²) in [4.78, 5) is 23.4. The largest absolute Gasteiger partial charge is 0.478 e. The number of carboxylic acid groups (broad SMARTS) is 1. The normalized spacial score (nSPS) is 9.90. The van der Waals surface area contributed by atoms with Crippen LogP contribution in [0.4, 0.5) is 0 Å². The zero-order chi connectivity index (χ0) is 15.2. The van der Waals surface area contributed by atoms with Crippen molar-refractivity contribution in [1.82, 2.24) is 0 Å². The Morgan fingerprint density at radius 2 is 1.52 bits per heavy atom. The lowest BCUT2D eigenvalue weighted by Gasteiger charge is -2.11. The van der Waals surface area contributed by atoms with E-state index in [4.69, 9.17) is 4.74 Å². The molecule has 0 aliphatic rings. The number of benzene rings is 2. The fourth-order valence-corrected chi connectivity index (χ4v) is 2.01. The lowest BCUT2D eigenvalue weighted by Crippen LogP contribution is -2.08. The van der Waals surface area contributed by atoms with Gasteiger partial charge in [0.05, 0.1) is 11.1 Å². The Hall–Kier alpha value is -2.88. The van der Waals surface area contributed by atoms with Crippen molar-refractivity contribution in [3.63, 3.8) is 0 Å². The van der Waals surface area contributed by atoms with Gasteiger partial charge in [-0.15, -0.1) is 0 Å². The van der Waals surface area contributed by atoms with Gasteiger partial charge in [-0.2, -0.15) is 0 Å². The molecule has 106 valence electrons. The molecule has 2 aromatic rings. The molecule has 0 amide bonds. The molecule has 0 radical (unpaired) electrons. The minimum atomic E-state index is -1.04. The molecule has 0 saturated carbocycles. The summed E-state index contributed by atoms with van der Waals surface area (Å²) in [5, 5.41) is 9.27. The molecule has 0 heterocycles. The van der Waals surface area contributed by atoms with Gasteiger partial charge in [0.2, 0.25) is 0 Å². The fraction of sp³-hybridized carbons (Fsp3) is 0.0588. The molecule has 1 N–H and O–H groups in total. The Morgan fingerprint density at radius 1 is 1.00 bits per heavy atom. The monoisotopic (exact) mass is 282 g/mol. The van der Waals surface area contributed by atoms with Gasteiger partial charge >= 0.3 is 11.9 Å². The van der Waals surface area contributed by atoms with Gasteiger partial charge < -0.3 is 9.84 Å². The van der Waals surface area contributed by atoms with Crippen molar-refractivity contribution in [1.29, 1.82) is 0 Å². The van der Waals surface area contributed by atoms with Crippen LogP contribution in [0.3, 0.4) is 0 Å². The van der Waals surface area contributed by atoms with Crippen LogP contribution in [0.5, 0.6) is 0 Å². The van der Waals surface area contributed by atoms with Crippen molar-refractivity contribution in [2.45, 2.75) is 0 Å². The van der Waals surface area contributed by atoms with Gasteiger partial charge in [-0.1, -0.05) is 49.1 Å². The summed E-state index contributed by atoms with van der Waals surface area (Å²) >= 11 is 0. The third-order valence-corrected chi connectivity index (χ3v) is 2.93. The molecule has 21 heavy (non-hydrogen) atoms. The standard InChI is InChI=1S/C17H14O4/c1-2-11-21-17(20)15-10-6-4-8-13(15)12-7-3-5-9-14(12)16(18)19/h2-10H,1,11H2,(H,18,19). The predicted molar refractivity (Wildman–Crippen MR) is 79.3 cm³/mol. The van der Waals surface area contributed by atoms with Gasteiger partial charge in [0.15, 0.2) is 0 Å². The molecule has 0 bridgehead atoms. The summed E-state index contributed by atoms with van der Waals surface area (Å²) in [6, 6.07) is 13.3. The van der Waals surface area contributed by atoms with Crippen molar-refractivity contribution >= 4 is 11.9 Å². The first-order valence-corrected chi connectivity index (χ1v) is 6.35. The van der Waals surface area contributed by atoms with Crippen molar-refractivity contribution in [2.24, 2.45) is 0 Å². The van der Waals surface area contributed by atoms with Crippen LogP contribution in [0.2, 0.25) is 0 Å². The number of carbonyl (C=O) groups is 2. The van der Waals surface area contributed by atoms with Gasteiger partial charge in [0.1, 0.15) is 6.61 Å². The number of hydrogen-bond donors (Lipinski definition) is 1. The van der Waals surface area contributed by atoms with Crippen LogP contribution in [0.1, 0.15) is 20.7 Å². The summed E-state index contributed by atoms with van der Waals surface area (Å²) in [6.45, 7) is 3.59. The van der Waals surface area contributed by atoms with Crippen LogP contribution < -0.4 is 0 Å². The average molecular weight is 282 g/mol. The molecule has 2 aromatic carbocycles. The van der Waals surface area contributed by atoms with Gasteiger partial charge in [-0.25, -0.2) is 9.59 Å². The number of hydrogen-bond acceptors (Lipinski definition) is 3. The van der Waals surface area contributed by atoms with Gasteiger partial charge in [0, 0.05) is 0 Å². The van der Waals surface area contributed by atoms with Crippen LogP contribution >= 0.6 is 0 Å². The number of ether oxygens (including phenoxy) is 1. The van der Waals surface area contributed by atoms with Crippen molar-refractivity contribution in [3.05, 3.63) is 72.3 Å². The molecular formula is C17H14O4. The third kappa shape index (κ3) is 3.17. The Kier molecular flexibility index (Phi) is 4.51. The molecule has 0 aliphatic carbocycles. The Bertz CT molecular complexity index is 689. The minimum Gasteiger partial charge on any atom is -0.478 e. The van der Waals surface area contributed by atoms with E-state index in [-0.39, 0.29) is 12.2 Å². The molecule has 2 rings (SSSR count).